The molecule has 2 aromatic heterocycles. The van der Waals surface area contributed by atoms with Gasteiger partial charge in [0.25, 0.3) is 10.0 Å². The Morgan fingerprint density at radius 1 is 0.788 bits per heavy atom. The number of nitrogens with one attached hydrogen (secondary N) is 3. The van der Waals surface area contributed by atoms with Gasteiger partial charge in [-0.15, -0.1) is 0 Å². The molecule has 0 bridgehead atoms. The fourth-order valence-electron chi connectivity index (χ4n) is 3.09. The second-order valence-electron chi connectivity index (χ2n) is 7.30. The Morgan fingerprint density at radius 3 is 2.18 bits per heavy atom. The van der Waals surface area contributed by atoms with Crippen LogP contribution >= 0.6 is 11.6 Å². The molecule has 0 fully saturated rings. The summed E-state index contributed by atoms with van der Waals surface area (Å²) in [5.41, 5.74) is 2.74. The topological polar surface area (TPSA) is 109 Å². The van der Waals surface area contributed by atoms with Gasteiger partial charge < -0.3 is 10.6 Å². The summed E-state index contributed by atoms with van der Waals surface area (Å²) in [5, 5.41) is 6.71. The molecule has 0 spiro atoms. The number of benzene rings is 2. The molecule has 4 aromatic rings. The van der Waals surface area contributed by atoms with Crippen LogP contribution in [0.4, 0.5) is 28.8 Å². The van der Waals surface area contributed by atoms with E-state index in [2.05, 4.69) is 30.3 Å². The van der Waals surface area contributed by atoms with Gasteiger partial charge in [-0.05, 0) is 73.5 Å². The molecule has 168 valence electrons. The van der Waals surface area contributed by atoms with Crippen molar-refractivity contribution in [2.45, 2.75) is 18.7 Å². The van der Waals surface area contributed by atoms with E-state index >= 15 is 0 Å². The molecule has 0 amide bonds. The van der Waals surface area contributed by atoms with E-state index in [-0.39, 0.29) is 4.90 Å². The van der Waals surface area contributed by atoms with Crippen molar-refractivity contribution in [2.75, 3.05) is 15.4 Å². The number of aromatic nitrogens is 3. The van der Waals surface area contributed by atoms with E-state index in [1.54, 1.807) is 55.6 Å². The SMILES string of the molecule is Cc1ccnc(Nc2cc(Nc3ccc(NS(=O)(=O)c4cccc(Cl)c4C)cc3)ncn2)c1. The van der Waals surface area contributed by atoms with E-state index in [9.17, 15) is 8.42 Å². The third-order valence-corrected chi connectivity index (χ3v) is 6.69. The lowest BCUT2D eigenvalue weighted by atomic mass is 10.2. The lowest BCUT2D eigenvalue weighted by Crippen LogP contribution is -2.14. The maximum absolute atomic E-state index is 12.7. The highest BCUT2D eigenvalue weighted by molar-refractivity contribution is 7.92. The number of aryl methyl sites for hydroxylation is 1. The van der Waals surface area contributed by atoms with Crippen molar-refractivity contribution in [3.8, 4) is 0 Å². The number of pyridine rings is 1. The maximum atomic E-state index is 12.7. The first kappa shape index (κ1) is 22.5. The van der Waals surface area contributed by atoms with Gasteiger partial charge in [-0.1, -0.05) is 17.7 Å². The Bertz CT molecular complexity index is 1390. The summed E-state index contributed by atoms with van der Waals surface area (Å²) in [5.74, 6) is 1.85. The van der Waals surface area contributed by atoms with Crippen LogP contribution in [0.2, 0.25) is 5.02 Å². The first-order valence-electron chi connectivity index (χ1n) is 9.97. The zero-order chi connectivity index (χ0) is 23.4. The van der Waals surface area contributed by atoms with Crippen LogP contribution in [0.25, 0.3) is 0 Å². The molecule has 10 heteroatoms. The Labute approximate surface area is 197 Å². The molecule has 0 aliphatic carbocycles. The summed E-state index contributed by atoms with van der Waals surface area (Å²) >= 11 is 6.07. The number of sulfonamides is 1. The Morgan fingerprint density at radius 2 is 1.45 bits per heavy atom. The van der Waals surface area contributed by atoms with Crippen LogP contribution in [0.3, 0.4) is 0 Å². The van der Waals surface area contributed by atoms with Crippen molar-refractivity contribution in [1.82, 2.24) is 15.0 Å². The molecule has 0 saturated carbocycles. The van der Waals surface area contributed by atoms with Crippen LogP contribution < -0.4 is 15.4 Å². The average molecular weight is 481 g/mol. The van der Waals surface area contributed by atoms with Gasteiger partial charge in [0, 0.05) is 28.7 Å². The summed E-state index contributed by atoms with van der Waals surface area (Å²) in [6.07, 6.45) is 3.16. The van der Waals surface area contributed by atoms with Crippen LogP contribution in [-0.2, 0) is 10.0 Å². The lowest BCUT2D eigenvalue weighted by molar-refractivity contribution is 0.600. The molecule has 33 heavy (non-hydrogen) atoms. The van der Waals surface area contributed by atoms with E-state index in [4.69, 9.17) is 11.6 Å². The van der Waals surface area contributed by atoms with Gasteiger partial charge in [-0.2, -0.15) is 0 Å². The van der Waals surface area contributed by atoms with E-state index in [0.717, 1.165) is 11.3 Å². The number of rotatable bonds is 7. The smallest absolute Gasteiger partial charge is 0.262 e. The summed E-state index contributed by atoms with van der Waals surface area (Å²) in [6.45, 7) is 3.66. The molecule has 0 radical (unpaired) electrons. The monoisotopic (exact) mass is 480 g/mol. The molecular formula is C23H21ClN6O2S. The summed E-state index contributed by atoms with van der Waals surface area (Å²) < 4.78 is 28.1. The zero-order valence-corrected chi connectivity index (χ0v) is 19.4. The van der Waals surface area contributed by atoms with Crippen molar-refractivity contribution in [3.63, 3.8) is 0 Å². The number of hydrogen-bond donors (Lipinski definition) is 3. The highest BCUT2D eigenvalue weighted by atomic mass is 35.5. The molecule has 4 rings (SSSR count). The molecule has 0 atom stereocenters. The standard InChI is InChI=1S/C23H21ClN6O2S/c1-15-10-11-25-21(12-15)29-23-13-22(26-14-27-23)28-17-6-8-18(9-7-17)30-33(31,32)20-5-3-4-19(24)16(20)2/h3-14,30H,1-2H3,(H2,25,26,27,28,29). The predicted molar refractivity (Wildman–Crippen MR) is 131 cm³/mol. The van der Waals surface area contributed by atoms with Crippen molar-refractivity contribution < 1.29 is 8.42 Å². The highest BCUT2D eigenvalue weighted by Gasteiger charge is 2.18. The van der Waals surface area contributed by atoms with Crippen LogP contribution in [0.15, 0.2) is 78.1 Å². The van der Waals surface area contributed by atoms with Gasteiger partial charge in [0.05, 0.1) is 4.90 Å². The van der Waals surface area contributed by atoms with Crippen LogP contribution in [0, 0.1) is 13.8 Å². The van der Waals surface area contributed by atoms with Crippen LogP contribution in [0.1, 0.15) is 11.1 Å². The minimum atomic E-state index is -3.77. The Hall–Kier alpha value is -3.69. The number of hydrogen-bond acceptors (Lipinski definition) is 7. The molecule has 0 unspecified atom stereocenters. The number of anilines is 5. The quantitative estimate of drug-likeness (QED) is 0.323. The maximum Gasteiger partial charge on any atom is 0.262 e. The molecule has 0 aliphatic heterocycles. The first-order valence-corrected chi connectivity index (χ1v) is 11.8. The van der Waals surface area contributed by atoms with E-state index in [1.807, 2.05) is 19.1 Å². The van der Waals surface area contributed by atoms with Crippen LogP contribution in [0.5, 0.6) is 0 Å². The minimum absolute atomic E-state index is 0.140. The third-order valence-electron chi connectivity index (χ3n) is 4.76. The predicted octanol–water partition coefficient (Wildman–Crippen LogP) is 5.43. The Balaban J connectivity index is 1.45. The lowest BCUT2D eigenvalue weighted by Gasteiger charge is -2.12. The Kier molecular flexibility index (Phi) is 6.43. The van der Waals surface area contributed by atoms with E-state index < -0.39 is 10.0 Å². The third kappa shape index (κ3) is 5.57. The molecule has 2 heterocycles. The summed E-state index contributed by atoms with van der Waals surface area (Å²) in [4.78, 5) is 12.8. The molecule has 0 saturated heterocycles. The first-order chi connectivity index (χ1) is 15.8. The van der Waals surface area contributed by atoms with Crippen molar-refractivity contribution in [1.29, 1.82) is 0 Å². The van der Waals surface area contributed by atoms with Crippen molar-refractivity contribution in [2.24, 2.45) is 0 Å². The van der Waals surface area contributed by atoms with Crippen LogP contribution in [-0.4, -0.2) is 23.4 Å². The molecule has 0 aliphatic rings. The largest absolute Gasteiger partial charge is 0.340 e. The zero-order valence-electron chi connectivity index (χ0n) is 17.9. The van der Waals surface area contributed by atoms with Gasteiger partial charge in [0.15, 0.2) is 0 Å². The normalized spacial score (nSPS) is 11.1. The number of halogens is 1. The molecule has 8 nitrogen and oxygen atoms in total. The molecule has 2 aromatic carbocycles. The average Bonchev–Trinajstić information content (AvgIpc) is 2.77. The van der Waals surface area contributed by atoms with Gasteiger partial charge in [-0.25, -0.2) is 23.4 Å². The van der Waals surface area contributed by atoms with Crippen molar-refractivity contribution >= 4 is 50.5 Å². The minimum Gasteiger partial charge on any atom is -0.340 e. The summed E-state index contributed by atoms with van der Waals surface area (Å²) in [6, 6.07) is 17.2. The fraction of sp³-hybridized carbons (Fsp3) is 0.0870. The molecule has 3 N–H and O–H groups in total. The van der Waals surface area contributed by atoms with Gasteiger partial charge in [-0.3, -0.25) is 4.72 Å². The second-order valence-corrected chi connectivity index (χ2v) is 9.36. The molecular weight excluding hydrogens is 460 g/mol. The van der Waals surface area contributed by atoms with E-state index in [1.165, 1.54) is 12.4 Å². The van der Waals surface area contributed by atoms with Gasteiger partial charge in [0.2, 0.25) is 0 Å². The number of nitrogens with zero attached hydrogens (tertiary/aromatic N) is 3. The van der Waals surface area contributed by atoms with Gasteiger partial charge >= 0.3 is 0 Å². The summed E-state index contributed by atoms with van der Waals surface area (Å²) in [7, 11) is -3.77. The van der Waals surface area contributed by atoms with E-state index in [0.29, 0.717) is 33.7 Å². The van der Waals surface area contributed by atoms with Crippen molar-refractivity contribution in [3.05, 3.63) is 89.3 Å². The van der Waals surface area contributed by atoms with Gasteiger partial charge in [0.1, 0.15) is 23.8 Å². The fourth-order valence-corrected chi connectivity index (χ4v) is 4.65. The highest BCUT2D eigenvalue weighted by Crippen LogP contribution is 2.26. The second kappa shape index (κ2) is 9.43.